The minimum atomic E-state index is -4.41. The van der Waals surface area contributed by atoms with E-state index >= 15 is 0 Å². The van der Waals surface area contributed by atoms with Crippen LogP contribution < -0.4 is 23.8 Å². The summed E-state index contributed by atoms with van der Waals surface area (Å²) in [5.41, 5.74) is 0.825. The predicted molar refractivity (Wildman–Crippen MR) is 162 cm³/mol. The molecule has 1 unspecified atom stereocenters. The van der Waals surface area contributed by atoms with Crippen molar-refractivity contribution in [3.05, 3.63) is 77.3 Å². The lowest BCUT2D eigenvalue weighted by Gasteiger charge is -2.32. The van der Waals surface area contributed by atoms with Gasteiger partial charge >= 0.3 is 0 Å². The van der Waals surface area contributed by atoms with E-state index in [1.165, 1.54) is 56.6 Å². The standard InChI is InChI=1S/C30H36ClN3O7S/c1-6-16-32-30(36)21(2)33(19-22-10-8-7-9-11-22)29(35)20-34(25-17-23(31)12-14-26(25)39-3)42(37,38)24-13-15-27(40-4)28(18-24)41-5/h7-15,17-18,21H,6,16,19-20H2,1-5H3,(H,32,36). The highest BCUT2D eigenvalue weighted by atomic mass is 35.5. The number of nitrogens with one attached hydrogen (secondary N) is 1. The Bertz CT molecular complexity index is 1490. The number of ether oxygens (including phenoxy) is 3. The van der Waals surface area contributed by atoms with Crippen molar-refractivity contribution in [2.24, 2.45) is 0 Å². The Labute approximate surface area is 252 Å². The van der Waals surface area contributed by atoms with Crippen LogP contribution in [-0.2, 0) is 26.2 Å². The van der Waals surface area contributed by atoms with Gasteiger partial charge in [-0.2, -0.15) is 0 Å². The zero-order valence-electron chi connectivity index (χ0n) is 24.3. The van der Waals surface area contributed by atoms with Crippen molar-refractivity contribution in [2.75, 3.05) is 38.7 Å². The maximum absolute atomic E-state index is 14.2. The third-order valence-corrected chi connectivity index (χ3v) is 8.53. The summed E-state index contributed by atoms with van der Waals surface area (Å²) in [5, 5.41) is 3.05. The third kappa shape index (κ3) is 7.65. The number of hydrogen-bond acceptors (Lipinski definition) is 7. The third-order valence-electron chi connectivity index (χ3n) is 6.54. The SMILES string of the molecule is CCCNC(=O)C(C)N(Cc1ccccc1)C(=O)CN(c1cc(Cl)ccc1OC)S(=O)(=O)c1ccc(OC)c(OC)c1. The van der Waals surface area contributed by atoms with Crippen molar-refractivity contribution in [2.45, 2.75) is 37.8 Å². The van der Waals surface area contributed by atoms with E-state index in [1.54, 1.807) is 13.0 Å². The summed E-state index contributed by atoms with van der Waals surface area (Å²) in [6.45, 7) is 3.41. The Kier molecular flexibility index (Phi) is 11.5. The highest BCUT2D eigenvalue weighted by Crippen LogP contribution is 2.37. The van der Waals surface area contributed by atoms with Crippen LogP contribution in [0.5, 0.6) is 17.2 Å². The molecule has 3 aromatic carbocycles. The Morgan fingerprint density at radius 3 is 2.17 bits per heavy atom. The summed E-state index contributed by atoms with van der Waals surface area (Å²) in [5.74, 6) is -0.255. The Hall–Kier alpha value is -3.96. The van der Waals surface area contributed by atoms with Crippen LogP contribution in [0, 0.1) is 0 Å². The molecule has 0 spiro atoms. The maximum atomic E-state index is 14.2. The molecule has 1 N–H and O–H groups in total. The first-order valence-electron chi connectivity index (χ1n) is 13.3. The average Bonchev–Trinajstić information content (AvgIpc) is 3.00. The number of rotatable bonds is 14. The van der Waals surface area contributed by atoms with Gasteiger partial charge in [-0.3, -0.25) is 13.9 Å². The molecule has 0 aliphatic rings. The van der Waals surface area contributed by atoms with Gasteiger partial charge in [-0.05, 0) is 49.2 Å². The van der Waals surface area contributed by atoms with Crippen molar-refractivity contribution in [1.82, 2.24) is 10.2 Å². The monoisotopic (exact) mass is 617 g/mol. The Morgan fingerprint density at radius 2 is 1.55 bits per heavy atom. The molecule has 12 heteroatoms. The van der Waals surface area contributed by atoms with Crippen LogP contribution in [0.1, 0.15) is 25.8 Å². The molecule has 226 valence electrons. The minimum Gasteiger partial charge on any atom is -0.495 e. The van der Waals surface area contributed by atoms with Crippen LogP contribution >= 0.6 is 11.6 Å². The van der Waals surface area contributed by atoms with Gasteiger partial charge in [0.05, 0.1) is 31.9 Å². The number of sulfonamides is 1. The fourth-order valence-electron chi connectivity index (χ4n) is 4.23. The number of carbonyl (C=O) groups excluding carboxylic acids is 2. The lowest BCUT2D eigenvalue weighted by molar-refractivity contribution is -0.139. The van der Waals surface area contributed by atoms with Crippen LogP contribution in [0.3, 0.4) is 0 Å². The molecular weight excluding hydrogens is 582 g/mol. The molecule has 10 nitrogen and oxygen atoms in total. The van der Waals surface area contributed by atoms with Crippen LogP contribution in [0.25, 0.3) is 0 Å². The molecule has 0 saturated heterocycles. The second-order valence-electron chi connectivity index (χ2n) is 9.32. The summed E-state index contributed by atoms with van der Waals surface area (Å²) >= 11 is 6.29. The van der Waals surface area contributed by atoms with E-state index in [0.29, 0.717) is 12.3 Å². The van der Waals surface area contributed by atoms with Gasteiger partial charge in [0.25, 0.3) is 10.0 Å². The minimum absolute atomic E-state index is 0.0517. The number of anilines is 1. The van der Waals surface area contributed by atoms with Gasteiger partial charge in [-0.1, -0.05) is 48.9 Å². The summed E-state index contributed by atoms with van der Waals surface area (Å²) in [4.78, 5) is 28.2. The first-order valence-corrected chi connectivity index (χ1v) is 15.1. The van der Waals surface area contributed by atoms with Crippen molar-refractivity contribution >= 4 is 39.1 Å². The number of methoxy groups -OCH3 is 3. The number of halogens is 1. The summed E-state index contributed by atoms with van der Waals surface area (Å²) in [6.07, 6.45) is 0.719. The summed E-state index contributed by atoms with van der Waals surface area (Å²) in [6, 6.07) is 16.9. The van der Waals surface area contributed by atoms with Gasteiger partial charge in [-0.15, -0.1) is 0 Å². The molecule has 0 aromatic heterocycles. The Balaban J connectivity index is 2.13. The number of carbonyl (C=O) groups is 2. The predicted octanol–water partition coefficient (Wildman–Crippen LogP) is 4.50. The van der Waals surface area contributed by atoms with E-state index in [-0.39, 0.29) is 39.6 Å². The second kappa shape index (κ2) is 14.8. The molecule has 0 fully saturated rings. The first kappa shape index (κ1) is 32.6. The molecule has 0 saturated carbocycles. The number of hydrogen-bond donors (Lipinski definition) is 1. The van der Waals surface area contributed by atoms with Crippen LogP contribution in [-0.4, -0.2) is 65.6 Å². The number of amides is 2. The van der Waals surface area contributed by atoms with E-state index < -0.39 is 28.5 Å². The summed E-state index contributed by atoms with van der Waals surface area (Å²) in [7, 11) is -0.197. The zero-order valence-corrected chi connectivity index (χ0v) is 25.9. The van der Waals surface area contributed by atoms with Crippen molar-refractivity contribution < 1.29 is 32.2 Å². The maximum Gasteiger partial charge on any atom is 0.265 e. The van der Waals surface area contributed by atoms with Gasteiger partial charge in [0.1, 0.15) is 18.3 Å². The van der Waals surface area contributed by atoms with E-state index in [0.717, 1.165) is 16.3 Å². The summed E-state index contributed by atoms with van der Waals surface area (Å²) < 4.78 is 45.4. The van der Waals surface area contributed by atoms with Crippen molar-refractivity contribution in [3.63, 3.8) is 0 Å². The first-order chi connectivity index (χ1) is 20.1. The van der Waals surface area contributed by atoms with Crippen molar-refractivity contribution in [3.8, 4) is 17.2 Å². The smallest absolute Gasteiger partial charge is 0.265 e. The van der Waals surface area contributed by atoms with Gasteiger partial charge in [0.2, 0.25) is 11.8 Å². The number of benzene rings is 3. The Morgan fingerprint density at radius 1 is 0.905 bits per heavy atom. The van der Waals surface area contributed by atoms with Crippen LogP contribution in [0.4, 0.5) is 5.69 Å². The fourth-order valence-corrected chi connectivity index (χ4v) is 5.83. The normalized spacial score (nSPS) is 11.8. The van der Waals surface area contributed by atoms with E-state index in [1.807, 2.05) is 37.3 Å². The van der Waals surface area contributed by atoms with Gasteiger partial charge in [0.15, 0.2) is 11.5 Å². The van der Waals surface area contributed by atoms with Gasteiger partial charge in [0, 0.05) is 24.2 Å². The molecule has 0 bridgehead atoms. The molecule has 3 aromatic rings. The molecule has 0 heterocycles. The quantitative estimate of drug-likeness (QED) is 0.283. The average molecular weight is 618 g/mol. The topological polar surface area (TPSA) is 114 Å². The molecular formula is C30H36ClN3O7S. The largest absolute Gasteiger partial charge is 0.495 e. The highest BCUT2D eigenvalue weighted by molar-refractivity contribution is 7.92. The lowest BCUT2D eigenvalue weighted by Crippen LogP contribution is -2.51. The molecule has 2 amide bonds. The fraction of sp³-hybridized carbons (Fsp3) is 0.333. The second-order valence-corrected chi connectivity index (χ2v) is 11.6. The lowest BCUT2D eigenvalue weighted by atomic mass is 10.1. The molecule has 0 aliphatic carbocycles. The van der Waals surface area contributed by atoms with E-state index in [2.05, 4.69) is 5.32 Å². The van der Waals surface area contributed by atoms with E-state index in [4.69, 9.17) is 25.8 Å². The molecule has 1 atom stereocenters. The van der Waals surface area contributed by atoms with Gasteiger partial charge in [-0.25, -0.2) is 8.42 Å². The molecule has 0 radical (unpaired) electrons. The van der Waals surface area contributed by atoms with E-state index in [9.17, 15) is 18.0 Å². The number of nitrogens with zero attached hydrogens (tertiary/aromatic N) is 2. The van der Waals surface area contributed by atoms with Crippen molar-refractivity contribution in [1.29, 1.82) is 0 Å². The molecule has 0 aliphatic heterocycles. The van der Waals surface area contributed by atoms with Crippen LogP contribution in [0.2, 0.25) is 5.02 Å². The molecule has 42 heavy (non-hydrogen) atoms. The van der Waals surface area contributed by atoms with Crippen LogP contribution in [0.15, 0.2) is 71.6 Å². The highest BCUT2D eigenvalue weighted by Gasteiger charge is 2.34. The van der Waals surface area contributed by atoms with Gasteiger partial charge < -0.3 is 24.4 Å². The zero-order chi connectivity index (χ0) is 30.9. The molecule has 3 rings (SSSR count).